The molecule has 0 spiro atoms. The lowest BCUT2D eigenvalue weighted by atomic mass is 10.3. The predicted molar refractivity (Wildman–Crippen MR) is 57.2 cm³/mol. The molecule has 2 nitrogen and oxygen atoms in total. The van der Waals surface area contributed by atoms with Crippen LogP contribution in [-0.4, -0.2) is 25.6 Å². The summed E-state index contributed by atoms with van der Waals surface area (Å²) in [5.41, 5.74) is 0. The van der Waals surface area contributed by atoms with Gasteiger partial charge in [0.2, 0.25) is 0 Å². The van der Waals surface area contributed by atoms with E-state index in [2.05, 4.69) is 25.4 Å². The molecule has 1 aromatic rings. The lowest BCUT2D eigenvalue weighted by molar-refractivity contribution is -0.154. The molecule has 1 aromatic carbocycles. The molecule has 0 saturated heterocycles. The number of alkyl halides is 6. The summed E-state index contributed by atoms with van der Waals surface area (Å²) >= 11 is 2.88. The van der Waals surface area contributed by atoms with Crippen LogP contribution in [0.25, 0.3) is 0 Å². The first-order chi connectivity index (χ1) is 8.57. The van der Waals surface area contributed by atoms with Crippen LogP contribution in [0, 0.1) is 0 Å². The van der Waals surface area contributed by atoms with Crippen molar-refractivity contribution in [3.05, 3.63) is 22.7 Å². The summed E-state index contributed by atoms with van der Waals surface area (Å²) in [6.07, 6.45) is -8.98. The fourth-order valence-electron chi connectivity index (χ4n) is 1.01. The van der Waals surface area contributed by atoms with Crippen molar-refractivity contribution in [2.75, 3.05) is 13.2 Å². The average Bonchev–Trinajstić information content (AvgIpc) is 2.22. The molecule has 0 heterocycles. The molecular weight excluding hydrogens is 346 g/mol. The maximum Gasteiger partial charge on any atom is 0.422 e. The standard InChI is InChI=1S/C10H7BrF6O2/c11-7-3-6(18-4-9(12,13)14)1-2-8(7)19-5-10(15,16)17/h1-3H,4-5H2. The molecule has 0 N–H and O–H groups in total. The van der Waals surface area contributed by atoms with Crippen LogP contribution >= 0.6 is 15.9 Å². The molecule has 0 aromatic heterocycles. The van der Waals surface area contributed by atoms with Crippen LogP contribution in [0.4, 0.5) is 26.3 Å². The van der Waals surface area contributed by atoms with E-state index >= 15 is 0 Å². The van der Waals surface area contributed by atoms with E-state index in [1.807, 2.05) is 0 Å². The highest BCUT2D eigenvalue weighted by molar-refractivity contribution is 9.10. The maximum atomic E-state index is 11.9. The van der Waals surface area contributed by atoms with Crippen molar-refractivity contribution in [2.24, 2.45) is 0 Å². The smallest absolute Gasteiger partial charge is 0.422 e. The van der Waals surface area contributed by atoms with E-state index in [0.29, 0.717) is 0 Å². The number of halogens is 7. The van der Waals surface area contributed by atoms with Gasteiger partial charge < -0.3 is 9.47 Å². The summed E-state index contributed by atoms with van der Waals surface area (Å²) in [4.78, 5) is 0. The first-order valence-corrected chi connectivity index (χ1v) is 5.55. The number of hydrogen-bond acceptors (Lipinski definition) is 2. The Bertz CT molecular complexity index is 429. The highest BCUT2D eigenvalue weighted by Crippen LogP contribution is 2.31. The number of hydrogen-bond donors (Lipinski definition) is 0. The van der Waals surface area contributed by atoms with Crippen molar-refractivity contribution >= 4 is 15.9 Å². The molecule has 0 unspecified atom stereocenters. The van der Waals surface area contributed by atoms with E-state index in [9.17, 15) is 26.3 Å². The summed E-state index contributed by atoms with van der Waals surface area (Å²) in [7, 11) is 0. The number of ether oxygens (including phenoxy) is 2. The Kier molecular flexibility index (Phi) is 4.94. The van der Waals surface area contributed by atoms with Crippen LogP contribution in [0.2, 0.25) is 0 Å². The van der Waals surface area contributed by atoms with Gasteiger partial charge in [0.05, 0.1) is 4.47 Å². The SMILES string of the molecule is FC(F)(F)COc1ccc(OCC(F)(F)F)c(Br)c1. The van der Waals surface area contributed by atoms with Crippen molar-refractivity contribution < 1.29 is 35.8 Å². The maximum absolute atomic E-state index is 11.9. The minimum Gasteiger partial charge on any atom is -0.484 e. The Hall–Kier alpha value is -1.12. The van der Waals surface area contributed by atoms with Gasteiger partial charge in [-0.2, -0.15) is 26.3 Å². The van der Waals surface area contributed by atoms with E-state index in [1.54, 1.807) is 0 Å². The first kappa shape index (κ1) is 15.9. The zero-order valence-electron chi connectivity index (χ0n) is 9.11. The van der Waals surface area contributed by atoms with Gasteiger partial charge in [-0.15, -0.1) is 0 Å². The molecule has 0 saturated carbocycles. The monoisotopic (exact) mass is 352 g/mol. The fraction of sp³-hybridized carbons (Fsp3) is 0.400. The van der Waals surface area contributed by atoms with E-state index in [1.165, 1.54) is 0 Å². The van der Waals surface area contributed by atoms with E-state index in [4.69, 9.17) is 0 Å². The van der Waals surface area contributed by atoms with Gasteiger partial charge in [-0.05, 0) is 34.1 Å². The van der Waals surface area contributed by atoms with E-state index in [0.717, 1.165) is 18.2 Å². The third-order valence-electron chi connectivity index (χ3n) is 1.70. The Morgan fingerprint density at radius 3 is 1.89 bits per heavy atom. The Balaban J connectivity index is 2.64. The fourth-order valence-corrected chi connectivity index (χ4v) is 1.49. The molecule has 0 aliphatic rings. The van der Waals surface area contributed by atoms with Gasteiger partial charge >= 0.3 is 12.4 Å². The summed E-state index contributed by atoms with van der Waals surface area (Å²) in [6, 6.07) is 3.27. The van der Waals surface area contributed by atoms with Crippen LogP contribution in [0.15, 0.2) is 22.7 Å². The lowest BCUT2D eigenvalue weighted by Crippen LogP contribution is -2.20. The molecule has 0 atom stereocenters. The van der Waals surface area contributed by atoms with Crippen molar-refractivity contribution in [1.29, 1.82) is 0 Å². The van der Waals surface area contributed by atoms with Gasteiger partial charge in [0.25, 0.3) is 0 Å². The van der Waals surface area contributed by atoms with Gasteiger partial charge in [0.15, 0.2) is 13.2 Å². The molecular formula is C10H7BrF6O2. The second-order valence-electron chi connectivity index (χ2n) is 3.40. The van der Waals surface area contributed by atoms with Crippen LogP contribution in [-0.2, 0) is 0 Å². The van der Waals surface area contributed by atoms with Crippen LogP contribution < -0.4 is 9.47 Å². The quantitative estimate of drug-likeness (QED) is 0.751. The number of rotatable bonds is 4. The lowest BCUT2D eigenvalue weighted by Gasteiger charge is -2.13. The molecule has 0 aliphatic carbocycles. The minimum absolute atomic E-state index is 0.0661. The Morgan fingerprint density at radius 2 is 1.42 bits per heavy atom. The van der Waals surface area contributed by atoms with Crippen LogP contribution in [0.3, 0.4) is 0 Å². The first-order valence-electron chi connectivity index (χ1n) is 4.75. The highest BCUT2D eigenvalue weighted by Gasteiger charge is 2.29. The topological polar surface area (TPSA) is 18.5 Å². The molecule has 0 amide bonds. The number of benzene rings is 1. The van der Waals surface area contributed by atoms with Gasteiger partial charge in [0, 0.05) is 0 Å². The molecule has 108 valence electrons. The summed E-state index contributed by atoms with van der Waals surface area (Å²) in [6.45, 7) is -2.98. The van der Waals surface area contributed by atoms with Gasteiger partial charge in [-0.25, -0.2) is 0 Å². The molecule has 0 fully saturated rings. The molecule has 0 aliphatic heterocycles. The summed E-state index contributed by atoms with van der Waals surface area (Å²) in [5.74, 6) is -0.278. The molecule has 1 rings (SSSR count). The Morgan fingerprint density at radius 1 is 0.895 bits per heavy atom. The molecule has 9 heteroatoms. The minimum atomic E-state index is -4.50. The zero-order valence-corrected chi connectivity index (χ0v) is 10.7. The molecule has 0 radical (unpaired) electrons. The molecule has 19 heavy (non-hydrogen) atoms. The van der Waals surface area contributed by atoms with E-state index in [-0.39, 0.29) is 16.0 Å². The van der Waals surface area contributed by atoms with Crippen molar-refractivity contribution in [2.45, 2.75) is 12.4 Å². The van der Waals surface area contributed by atoms with Crippen molar-refractivity contribution in [3.63, 3.8) is 0 Å². The normalized spacial score (nSPS) is 12.4. The van der Waals surface area contributed by atoms with Crippen molar-refractivity contribution in [1.82, 2.24) is 0 Å². The summed E-state index contributed by atoms with van der Waals surface area (Å²) < 4.78 is 80.3. The summed E-state index contributed by atoms with van der Waals surface area (Å²) in [5, 5.41) is 0. The third kappa shape index (κ3) is 6.55. The highest BCUT2D eigenvalue weighted by atomic mass is 79.9. The second kappa shape index (κ2) is 5.89. The largest absolute Gasteiger partial charge is 0.484 e. The van der Waals surface area contributed by atoms with Crippen LogP contribution in [0.5, 0.6) is 11.5 Å². The van der Waals surface area contributed by atoms with E-state index < -0.39 is 25.6 Å². The van der Waals surface area contributed by atoms with Gasteiger partial charge in [-0.3, -0.25) is 0 Å². The Labute approximate surface area is 112 Å². The average molecular weight is 353 g/mol. The third-order valence-corrected chi connectivity index (χ3v) is 2.32. The van der Waals surface area contributed by atoms with Gasteiger partial charge in [-0.1, -0.05) is 0 Å². The molecule has 0 bridgehead atoms. The van der Waals surface area contributed by atoms with Crippen LogP contribution in [0.1, 0.15) is 0 Å². The predicted octanol–water partition coefficient (Wildman–Crippen LogP) is 4.33. The zero-order chi connectivity index (χ0) is 14.7. The van der Waals surface area contributed by atoms with Crippen molar-refractivity contribution in [3.8, 4) is 11.5 Å². The van der Waals surface area contributed by atoms with Gasteiger partial charge in [0.1, 0.15) is 11.5 Å². The second-order valence-corrected chi connectivity index (χ2v) is 4.25.